The number of nitrogens with two attached hydrogens (primary N) is 1. The molecular formula is C13H21N5S. The Morgan fingerprint density at radius 2 is 2.37 bits per heavy atom. The van der Waals surface area contributed by atoms with Gasteiger partial charge in [0.15, 0.2) is 0 Å². The number of likely N-dealkylation sites (N-methyl/N-ethyl adjacent to an activating group) is 1. The van der Waals surface area contributed by atoms with Crippen molar-refractivity contribution in [1.82, 2.24) is 19.9 Å². The maximum atomic E-state index is 5.52. The van der Waals surface area contributed by atoms with Gasteiger partial charge in [0.1, 0.15) is 0 Å². The second kappa shape index (κ2) is 6.79. The second-order valence-corrected chi connectivity index (χ2v) is 5.82. The molecule has 0 fully saturated rings. The number of nitrogens with zero attached hydrogens (tertiary/aromatic N) is 4. The van der Waals surface area contributed by atoms with Crippen LogP contribution in [0.15, 0.2) is 23.7 Å². The molecule has 104 valence electrons. The molecule has 2 rings (SSSR count). The fourth-order valence-electron chi connectivity index (χ4n) is 1.90. The van der Waals surface area contributed by atoms with Crippen molar-refractivity contribution < 1.29 is 0 Å². The molecule has 0 aliphatic carbocycles. The van der Waals surface area contributed by atoms with Crippen LogP contribution in [0.2, 0.25) is 0 Å². The third-order valence-corrected chi connectivity index (χ3v) is 4.20. The van der Waals surface area contributed by atoms with Crippen molar-refractivity contribution >= 4 is 11.3 Å². The Kier molecular flexibility index (Phi) is 5.07. The van der Waals surface area contributed by atoms with Gasteiger partial charge in [0.25, 0.3) is 0 Å². The highest BCUT2D eigenvalue weighted by molar-refractivity contribution is 7.09. The van der Waals surface area contributed by atoms with E-state index in [0.717, 1.165) is 25.2 Å². The van der Waals surface area contributed by atoms with E-state index >= 15 is 0 Å². The molecule has 2 heterocycles. The Morgan fingerprint density at radius 3 is 3.00 bits per heavy atom. The van der Waals surface area contributed by atoms with Gasteiger partial charge in [-0.05, 0) is 31.8 Å². The summed E-state index contributed by atoms with van der Waals surface area (Å²) in [5, 5.41) is 10.2. The standard InChI is InChI=1S/C13H21N5S/c1-11(8-13-4-3-7-19-13)17(2)5-6-18-10-12(9-14)15-16-18/h3-4,7,10-11H,5-6,8-9,14H2,1-2H3. The zero-order valence-electron chi connectivity index (χ0n) is 11.5. The topological polar surface area (TPSA) is 60.0 Å². The van der Waals surface area contributed by atoms with Crippen molar-refractivity contribution in [2.45, 2.75) is 32.5 Å². The minimum absolute atomic E-state index is 0.449. The smallest absolute Gasteiger partial charge is 0.0962 e. The number of aromatic nitrogens is 3. The number of thiophene rings is 1. The number of hydrogen-bond acceptors (Lipinski definition) is 5. The Hall–Kier alpha value is -1.24. The first-order chi connectivity index (χ1) is 9.19. The van der Waals surface area contributed by atoms with Crippen LogP contribution in [-0.4, -0.2) is 39.5 Å². The van der Waals surface area contributed by atoms with Gasteiger partial charge in [0.2, 0.25) is 0 Å². The van der Waals surface area contributed by atoms with E-state index in [1.165, 1.54) is 4.88 Å². The highest BCUT2D eigenvalue weighted by Gasteiger charge is 2.10. The van der Waals surface area contributed by atoms with Crippen LogP contribution in [0.5, 0.6) is 0 Å². The summed E-state index contributed by atoms with van der Waals surface area (Å²) in [6, 6.07) is 4.83. The predicted octanol–water partition coefficient (Wildman–Crippen LogP) is 1.36. The van der Waals surface area contributed by atoms with E-state index in [1.807, 2.05) is 22.2 Å². The van der Waals surface area contributed by atoms with Crippen LogP contribution in [0.3, 0.4) is 0 Å². The average Bonchev–Trinajstić information content (AvgIpc) is 3.06. The lowest BCUT2D eigenvalue weighted by Gasteiger charge is -2.24. The third-order valence-electron chi connectivity index (χ3n) is 3.31. The minimum atomic E-state index is 0.449. The van der Waals surface area contributed by atoms with Gasteiger partial charge in [-0.1, -0.05) is 11.3 Å². The second-order valence-electron chi connectivity index (χ2n) is 4.79. The van der Waals surface area contributed by atoms with E-state index < -0.39 is 0 Å². The molecule has 19 heavy (non-hydrogen) atoms. The fraction of sp³-hybridized carbons (Fsp3) is 0.538. The summed E-state index contributed by atoms with van der Waals surface area (Å²) in [6.07, 6.45) is 3.01. The van der Waals surface area contributed by atoms with E-state index in [2.05, 4.69) is 46.7 Å². The Bertz CT molecular complexity index is 479. The van der Waals surface area contributed by atoms with Gasteiger partial charge in [-0.15, -0.1) is 16.4 Å². The normalized spacial score (nSPS) is 13.1. The molecule has 0 aliphatic rings. The largest absolute Gasteiger partial charge is 0.325 e. The van der Waals surface area contributed by atoms with Crippen molar-refractivity contribution in [3.05, 3.63) is 34.3 Å². The Morgan fingerprint density at radius 1 is 1.53 bits per heavy atom. The SMILES string of the molecule is CC(Cc1cccs1)N(C)CCn1cc(CN)nn1. The molecule has 0 spiro atoms. The average molecular weight is 279 g/mol. The molecule has 6 heteroatoms. The quantitative estimate of drug-likeness (QED) is 0.831. The van der Waals surface area contributed by atoms with Gasteiger partial charge in [-0.2, -0.15) is 0 Å². The summed E-state index contributed by atoms with van der Waals surface area (Å²) in [5.41, 5.74) is 6.36. The Balaban J connectivity index is 1.78. The number of hydrogen-bond donors (Lipinski definition) is 1. The maximum absolute atomic E-state index is 5.52. The van der Waals surface area contributed by atoms with Crippen LogP contribution in [0.25, 0.3) is 0 Å². The first kappa shape index (κ1) is 14.2. The lowest BCUT2D eigenvalue weighted by Crippen LogP contribution is -2.33. The van der Waals surface area contributed by atoms with E-state index in [9.17, 15) is 0 Å². The maximum Gasteiger partial charge on any atom is 0.0962 e. The van der Waals surface area contributed by atoms with Gasteiger partial charge < -0.3 is 10.6 Å². The van der Waals surface area contributed by atoms with Gasteiger partial charge in [-0.3, -0.25) is 4.68 Å². The van der Waals surface area contributed by atoms with Crippen LogP contribution in [0.4, 0.5) is 0 Å². The molecule has 5 nitrogen and oxygen atoms in total. The summed E-state index contributed by atoms with van der Waals surface area (Å²) < 4.78 is 1.86. The molecule has 0 aliphatic heterocycles. The summed E-state index contributed by atoms with van der Waals surface area (Å²) in [5.74, 6) is 0. The molecule has 1 atom stereocenters. The van der Waals surface area contributed by atoms with Crippen molar-refractivity contribution in [1.29, 1.82) is 0 Å². The molecule has 0 aromatic carbocycles. The predicted molar refractivity (Wildman–Crippen MR) is 78.0 cm³/mol. The molecule has 1 unspecified atom stereocenters. The molecule has 0 bridgehead atoms. The summed E-state index contributed by atoms with van der Waals surface area (Å²) >= 11 is 1.82. The minimum Gasteiger partial charge on any atom is -0.325 e. The highest BCUT2D eigenvalue weighted by atomic mass is 32.1. The summed E-state index contributed by atoms with van der Waals surface area (Å²) in [7, 11) is 2.15. The Labute approximate surface area is 118 Å². The van der Waals surface area contributed by atoms with Crippen LogP contribution in [-0.2, 0) is 19.5 Å². The molecule has 0 saturated heterocycles. The molecule has 0 radical (unpaired) electrons. The van der Waals surface area contributed by atoms with Gasteiger partial charge in [0, 0.05) is 30.2 Å². The van der Waals surface area contributed by atoms with E-state index in [0.29, 0.717) is 12.6 Å². The first-order valence-corrected chi connectivity index (χ1v) is 7.38. The van der Waals surface area contributed by atoms with Crippen molar-refractivity contribution in [2.24, 2.45) is 5.73 Å². The molecule has 2 N–H and O–H groups in total. The fourth-order valence-corrected chi connectivity index (χ4v) is 2.72. The van der Waals surface area contributed by atoms with Crippen LogP contribution in [0.1, 0.15) is 17.5 Å². The van der Waals surface area contributed by atoms with E-state index in [-0.39, 0.29) is 0 Å². The van der Waals surface area contributed by atoms with Crippen molar-refractivity contribution in [3.8, 4) is 0 Å². The van der Waals surface area contributed by atoms with Crippen LogP contribution < -0.4 is 5.73 Å². The van der Waals surface area contributed by atoms with E-state index in [4.69, 9.17) is 5.73 Å². The third kappa shape index (κ3) is 4.12. The monoisotopic (exact) mass is 279 g/mol. The highest BCUT2D eigenvalue weighted by Crippen LogP contribution is 2.13. The lowest BCUT2D eigenvalue weighted by atomic mass is 10.2. The lowest BCUT2D eigenvalue weighted by molar-refractivity contribution is 0.243. The molecule has 0 saturated carbocycles. The molecule has 2 aromatic rings. The van der Waals surface area contributed by atoms with Crippen molar-refractivity contribution in [2.75, 3.05) is 13.6 Å². The van der Waals surface area contributed by atoms with Crippen LogP contribution in [0, 0.1) is 0 Å². The number of rotatable bonds is 7. The molecular weight excluding hydrogens is 258 g/mol. The summed E-state index contributed by atoms with van der Waals surface area (Å²) in [6.45, 7) is 4.51. The zero-order valence-corrected chi connectivity index (χ0v) is 12.3. The van der Waals surface area contributed by atoms with Gasteiger partial charge >= 0.3 is 0 Å². The zero-order chi connectivity index (χ0) is 13.7. The first-order valence-electron chi connectivity index (χ1n) is 6.50. The van der Waals surface area contributed by atoms with Gasteiger partial charge in [-0.25, -0.2) is 0 Å². The van der Waals surface area contributed by atoms with Crippen LogP contribution >= 0.6 is 11.3 Å². The summed E-state index contributed by atoms with van der Waals surface area (Å²) in [4.78, 5) is 3.79. The van der Waals surface area contributed by atoms with Crippen molar-refractivity contribution in [3.63, 3.8) is 0 Å². The van der Waals surface area contributed by atoms with Gasteiger partial charge in [0.05, 0.1) is 12.2 Å². The van der Waals surface area contributed by atoms with E-state index in [1.54, 1.807) is 0 Å². The molecule has 2 aromatic heterocycles. The molecule has 0 amide bonds.